The van der Waals surface area contributed by atoms with Gasteiger partial charge in [0.05, 0.1) is 15.0 Å². The maximum absolute atomic E-state index is 11.7. The minimum absolute atomic E-state index is 0.0884. The molecule has 19 heavy (non-hydrogen) atoms. The largest absolute Gasteiger partial charge is 0.368 e. The molecule has 1 N–H and O–H groups in total. The van der Waals surface area contributed by atoms with Gasteiger partial charge in [-0.2, -0.15) is 0 Å². The average molecular weight is 306 g/mol. The van der Waals surface area contributed by atoms with Crippen molar-refractivity contribution in [2.45, 2.75) is 13.0 Å². The Hall–Kier alpha value is -1.53. The molecule has 0 aromatic heterocycles. The number of carbonyl (C=O) groups excluding carboxylic acids is 1. The third kappa shape index (κ3) is 3.71. The number of benzene rings is 1. The van der Waals surface area contributed by atoms with Crippen molar-refractivity contribution in [2.75, 3.05) is 19.4 Å². The van der Waals surface area contributed by atoms with Crippen molar-refractivity contribution in [3.8, 4) is 0 Å². The smallest absolute Gasteiger partial charge is 0.293 e. The first-order valence-corrected chi connectivity index (χ1v) is 6.10. The number of nitro groups is 1. The van der Waals surface area contributed by atoms with Gasteiger partial charge in [0.15, 0.2) is 0 Å². The lowest BCUT2D eigenvalue weighted by atomic mass is 10.2. The molecule has 1 aromatic rings. The van der Waals surface area contributed by atoms with Crippen LogP contribution in [0.25, 0.3) is 0 Å². The molecular weight excluding hydrogens is 293 g/mol. The molecule has 0 aliphatic carbocycles. The molecule has 0 bridgehead atoms. The van der Waals surface area contributed by atoms with Crippen LogP contribution in [0.3, 0.4) is 0 Å². The molecule has 0 saturated carbocycles. The number of nitrogens with zero attached hydrogens (tertiary/aromatic N) is 2. The lowest BCUT2D eigenvalue weighted by Crippen LogP contribution is -2.36. The second-order valence-electron chi connectivity index (χ2n) is 4.14. The normalized spacial score (nSPS) is 11.8. The lowest BCUT2D eigenvalue weighted by Gasteiger charge is -2.19. The molecule has 1 atom stereocenters. The molecule has 1 unspecified atom stereocenters. The molecule has 1 aromatic carbocycles. The van der Waals surface area contributed by atoms with Gasteiger partial charge in [0.25, 0.3) is 5.69 Å². The summed E-state index contributed by atoms with van der Waals surface area (Å²) in [5.74, 6) is -0.208. The summed E-state index contributed by atoms with van der Waals surface area (Å²) in [5, 5.41) is 14.0. The zero-order valence-corrected chi connectivity index (χ0v) is 12.1. The number of rotatable bonds is 4. The van der Waals surface area contributed by atoms with E-state index in [9.17, 15) is 14.9 Å². The minimum atomic E-state index is -0.619. The third-order valence-corrected chi connectivity index (χ3v) is 3.14. The van der Waals surface area contributed by atoms with E-state index in [-0.39, 0.29) is 27.3 Å². The highest BCUT2D eigenvalue weighted by Crippen LogP contribution is 2.34. The molecular formula is C11H13Cl2N3O3. The highest BCUT2D eigenvalue weighted by molar-refractivity contribution is 6.42. The number of hydrogen-bond donors (Lipinski definition) is 1. The van der Waals surface area contributed by atoms with E-state index in [4.69, 9.17) is 23.2 Å². The van der Waals surface area contributed by atoms with E-state index in [2.05, 4.69) is 5.32 Å². The summed E-state index contributed by atoms with van der Waals surface area (Å²) in [5.41, 5.74) is -0.0742. The SMILES string of the molecule is CC(Nc1cc(Cl)c(Cl)cc1[N+](=O)[O-])C(=O)N(C)C. The van der Waals surface area contributed by atoms with Gasteiger partial charge in [0.1, 0.15) is 11.7 Å². The molecule has 6 nitrogen and oxygen atoms in total. The van der Waals surface area contributed by atoms with Crippen LogP contribution in [0.2, 0.25) is 10.0 Å². The Morgan fingerprint density at radius 2 is 1.89 bits per heavy atom. The second-order valence-corrected chi connectivity index (χ2v) is 4.95. The number of nitro benzene ring substituents is 1. The molecule has 0 spiro atoms. The third-order valence-electron chi connectivity index (χ3n) is 2.42. The molecule has 0 heterocycles. The van der Waals surface area contributed by atoms with E-state index in [1.165, 1.54) is 11.0 Å². The topological polar surface area (TPSA) is 75.5 Å². The first-order chi connectivity index (χ1) is 8.73. The number of nitrogens with one attached hydrogen (secondary N) is 1. The molecule has 0 fully saturated rings. The fourth-order valence-electron chi connectivity index (χ4n) is 1.49. The van der Waals surface area contributed by atoms with Crippen LogP contribution in [0.4, 0.5) is 11.4 Å². The van der Waals surface area contributed by atoms with Crippen molar-refractivity contribution in [3.63, 3.8) is 0 Å². The van der Waals surface area contributed by atoms with E-state index >= 15 is 0 Å². The maximum Gasteiger partial charge on any atom is 0.293 e. The van der Waals surface area contributed by atoms with Crippen LogP contribution < -0.4 is 5.32 Å². The summed E-state index contributed by atoms with van der Waals surface area (Å²) in [6, 6.07) is 1.87. The van der Waals surface area contributed by atoms with Crippen LogP contribution in [0.15, 0.2) is 12.1 Å². The van der Waals surface area contributed by atoms with Crippen LogP contribution in [0, 0.1) is 10.1 Å². The Balaban J connectivity index is 3.10. The Bertz CT molecular complexity index is 520. The van der Waals surface area contributed by atoms with Gasteiger partial charge in [0.2, 0.25) is 5.91 Å². The summed E-state index contributed by atoms with van der Waals surface area (Å²) in [4.78, 5) is 23.5. The van der Waals surface area contributed by atoms with Crippen molar-refractivity contribution >= 4 is 40.5 Å². The van der Waals surface area contributed by atoms with Gasteiger partial charge in [-0.25, -0.2) is 0 Å². The lowest BCUT2D eigenvalue weighted by molar-refractivity contribution is -0.384. The van der Waals surface area contributed by atoms with Crippen molar-refractivity contribution in [1.82, 2.24) is 4.90 Å². The minimum Gasteiger partial charge on any atom is -0.368 e. The van der Waals surface area contributed by atoms with Crippen LogP contribution in [0.1, 0.15) is 6.92 Å². The molecule has 104 valence electrons. The highest BCUT2D eigenvalue weighted by Gasteiger charge is 2.21. The fraction of sp³-hybridized carbons (Fsp3) is 0.364. The molecule has 0 aliphatic heterocycles. The van der Waals surface area contributed by atoms with Crippen molar-refractivity contribution in [1.29, 1.82) is 0 Å². The molecule has 0 radical (unpaired) electrons. The van der Waals surface area contributed by atoms with Gasteiger partial charge in [-0.15, -0.1) is 0 Å². The van der Waals surface area contributed by atoms with Crippen molar-refractivity contribution in [2.24, 2.45) is 0 Å². The van der Waals surface area contributed by atoms with E-state index in [0.717, 1.165) is 6.07 Å². The second kappa shape index (κ2) is 6.08. The zero-order chi connectivity index (χ0) is 14.7. The number of amides is 1. The van der Waals surface area contributed by atoms with E-state index < -0.39 is 11.0 Å². The number of halogens is 2. The van der Waals surface area contributed by atoms with E-state index in [1.807, 2.05) is 0 Å². The Morgan fingerprint density at radius 3 is 2.37 bits per heavy atom. The van der Waals surface area contributed by atoms with E-state index in [0.29, 0.717) is 0 Å². The number of hydrogen-bond acceptors (Lipinski definition) is 4. The number of likely N-dealkylation sites (N-methyl/N-ethyl adjacent to an activating group) is 1. The zero-order valence-electron chi connectivity index (χ0n) is 10.6. The quantitative estimate of drug-likeness (QED) is 0.685. The average Bonchev–Trinajstić information content (AvgIpc) is 2.31. The predicted octanol–water partition coefficient (Wildman–Crippen LogP) is 2.79. The van der Waals surface area contributed by atoms with Crippen molar-refractivity contribution < 1.29 is 9.72 Å². The Morgan fingerprint density at radius 1 is 1.37 bits per heavy atom. The molecule has 0 saturated heterocycles. The summed E-state index contributed by atoms with van der Waals surface area (Å²) in [7, 11) is 3.20. The summed E-state index contributed by atoms with van der Waals surface area (Å²) < 4.78 is 0. The first-order valence-electron chi connectivity index (χ1n) is 5.35. The number of carbonyl (C=O) groups is 1. The maximum atomic E-state index is 11.7. The van der Waals surface area contributed by atoms with Gasteiger partial charge in [-0.05, 0) is 13.0 Å². The van der Waals surface area contributed by atoms with Crippen LogP contribution >= 0.6 is 23.2 Å². The fourth-order valence-corrected chi connectivity index (χ4v) is 1.81. The summed E-state index contributed by atoms with van der Waals surface area (Å²) in [6.07, 6.45) is 0. The van der Waals surface area contributed by atoms with Crippen LogP contribution in [-0.2, 0) is 4.79 Å². The van der Waals surface area contributed by atoms with Gasteiger partial charge < -0.3 is 10.2 Å². The standard InChI is InChI=1S/C11H13Cl2N3O3/c1-6(11(17)15(2)3)14-9-4-7(12)8(13)5-10(9)16(18)19/h4-6,14H,1-3H3. The van der Waals surface area contributed by atoms with E-state index in [1.54, 1.807) is 21.0 Å². The summed E-state index contributed by atoms with van der Waals surface area (Å²) in [6.45, 7) is 1.61. The Labute approximate surface area is 120 Å². The van der Waals surface area contributed by atoms with Crippen LogP contribution in [-0.4, -0.2) is 35.9 Å². The van der Waals surface area contributed by atoms with Gasteiger partial charge >= 0.3 is 0 Å². The molecule has 0 aliphatic rings. The van der Waals surface area contributed by atoms with Gasteiger partial charge in [-0.3, -0.25) is 14.9 Å². The summed E-state index contributed by atoms with van der Waals surface area (Å²) >= 11 is 11.6. The first kappa shape index (κ1) is 15.5. The Kier molecular flexibility index (Phi) is 4.97. The molecule has 8 heteroatoms. The van der Waals surface area contributed by atoms with Gasteiger partial charge in [0, 0.05) is 20.2 Å². The molecule has 1 amide bonds. The monoisotopic (exact) mass is 305 g/mol. The predicted molar refractivity (Wildman–Crippen MR) is 74.9 cm³/mol. The highest BCUT2D eigenvalue weighted by atomic mass is 35.5. The van der Waals surface area contributed by atoms with Crippen molar-refractivity contribution in [3.05, 3.63) is 32.3 Å². The number of anilines is 1. The van der Waals surface area contributed by atoms with Gasteiger partial charge in [-0.1, -0.05) is 23.2 Å². The van der Waals surface area contributed by atoms with Crippen LogP contribution in [0.5, 0.6) is 0 Å². The molecule has 1 rings (SSSR count).